The molecule has 2 aromatic carbocycles. The molecule has 2 aromatic heterocycles. The van der Waals surface area contributed by atoms with Crippen LogP contribution in [-0.4, -0.2) is 41.3 Å². The number of sulfonamides is 1. The summed E-state index contributed by atoms with van der Waals surface area (Å²) in [6, 6.07) is 13.8. The molecule has 0 aliphatic heterocycles. The van der Waals surface area contributed by atoms with Gasteiger partial charge in [0.25, 0.3) is 5.56 Å². The van der Waals surface area contributed by atoms with E-state index in [4.69, 9.17) is 0 Å². The van der Waals surface area contributed by atoms with Crippen LogP contribution in [0.3, 0.4) is 0 Å². The first-order chi connectivity index (χ1) is 17.7. The maximum atomic E-state index is 13.5. The van der Waals surface area contributed by atoms with Crippen molar-refractivity contribution in [1.82, 2.24) is 13.9 Å². The zero-order chi connectivity index (χ0) is 26.7. The van der Waals surface area contributed by atoms with Gasteiger partial charge in [0, 0.05) is 33.7 Å². The molecule has 0 radical (unpaired) electrons. The fourth-order valence-corrected chi connectivity index (χ4v) is 6.95. The first-order valence-corrected chi connectivity index (χ1v) is 14.9. The minimum Gasteiger partial charge on any atom is -0.325 e. The molecule has 0 aliphatic rings. The van der Waals surface area contributed by atoms with Crippen molar-refractivity contribution in [1.29, 1.82) is 0 Å². The van der Waals surface area contributed by atoms with Crippen molar-refractivity contribution < 1.29 is 13.2 Å². The third kappa shape index (κ3) is 5.54. The molecule has 1 N–H and O–H groups in total. The second-order valence-corrected chi connectivity index (χ2v) is 12.2. The van der Waals surface area contributed by atoms with Gasteiger partial charge in [0.05, 0.1) is 16.6 Å². The third-order valence-corrected chi connectivity index (χ3v) is 9.84. The normalized spacial score (nSPS) is 11.8. The Labute approximate surface area is 228 Å². The number of carbonyl (C=O) groups excluding carboxylic acids is 1. The van der Waals surface area contributed by atoms with Crippen molar-refractivity contribution in [3.63, 3.8) is 0 Å². The average molecular weight is 604 g/mol. The quantitative estimate of drug-likeness (QED) is 0.286. The highest BCUT2D eigenvalue weighted by Crippen LogP contribution is 2.36. The highest BCUT2D eigenvalue weighted by atomic mass is 79.9. The molecule has 0 saturated heterocycles. The fourth-order valence-electron chi connectivity index (χ4n) is 4.13. The molecule has 0 spiro atoms. The van der Waals surface area contributed by atoms with Crippen molar-refractivity contribution in [2.75, 3.05) is 18.4 Å². The number of hydrogen-bond acceptors (Lipinski definition) is 6. The summed E-state index contributed by atoms with van der Waals surface area (Å²) >= 11 is 4.94. The summed E-state index contributed by atoms with van der Waals surface area (Å²) in [7, 11) is -3.59. The molecule has 0 saturated carbocycles. The summed E-state index contributed by atoms with van der Waals surface area (Å²) < 4.78 is 29.0. The van der Waals surface area contributed by atoms with Crippen LogP contribution >= 0.6 is 27.3 Å². The Balaban J connectivity index is 1.59. The molecule has 2 heterocycles. The minimum atomic E-state index is -3.59. The predicted octanol–water partition coefficient (Wildman–Crippen LogP) is 5.12. The van der Waals surface area contributed by atoms with E-state index >= 15 is 0 Å². The SMILES string of the molecule is CCc1sc2ncn(CC(=O)Nc3ccc(S(=O)(=O)N(CC)CC)cc3)c(=O)c2c1-c1ccc(Br)cc1. The minimum absolute atomic E-state index is 0.157. The first-order valence-electron chi connectivity index (χ1n) is 11.9. The Morgan fingerprint density at radius 2 is 1.70 bits per heavy atom. The van der Waals surface area contributed by atoms with E-state index in [2.05, 4.69) is 26.2 Å². The van der Waals surface area contributed by atoms with E-state index in [1.54, 1.807) is 13.8 Å². The smallest absolute Gasteiger partial charge is 0.263 e. The van der Waals surface area contributed by atoms with Crippen LogP contribution in [0.4, 0.5) is 5.69 Å². The van der Waals surface area contributed by atoms with Crippen LogP contribution in [0.15, 0.2) is 69.0 Å². The van der Waals surface area contributed by atoms with Crippen molar-refractivity contribution >= 4 is 59.1 Å². The lowest BCUT2D eigenvalue weighted by Crippen LogP contribution is -2.30. The second kappa shape index (κ2) is 11.3. The molecular formula is C26H27BrN4O4S2. The number of thiophene rings is 1. The maximum absolute atomic E-state index is 13.5. The predicted molar refractivity (Wildman–Crippen MR) is 152 cm³/mol. The molecule has 0 aliphatic carbocycles. The summed E-state index contributed by atoms with van der Waals surface area (Å²) in [5.41, 5.74) is 1.93. The van der Waals surface area contributed by atoms with Gasteiger partial charge >= 0.3 is 0 Å². The van der Waals surface area contributed by atoms with Crippen molar-refractivity contribution in [3.05, 3.63) is 74.6 Å². The number of halogens is 1. The summed E-state index contributed by atoms with van der Waals surface area (Å²) in [6.45, 7) is 6.13. The summed E-state index contributed by atoms with van der Waals surface area (Å²) in [4.78, 5) is 32.6. The van der Waals surface area contributed by atoms with E-state index in [9.17, 15) is 18.0 Å². The lowest BCUT2D eigenvalue weighted by Gasteiger charge is -2.18. The molecular weight excluding hydrogens is 576 g/mol. The molecule has 0 fully saturated rings. The molecule has 0 bridgehead atoms. The van der Waals surface area contributed by atoms with E-state index < -0.39 is 15.9 Å². The summed E-state index contributed by atoms with van der Waals surface area (Å²) in [5.74, 6) is -0.418. The molecule has 4 rings (SSSR count). The van der Waals surface area contributed by atoms with Gasteiger partial charge in [-0.25, -0.2) is 13.4 Å². The van der Waals surface area contributed by atoms with Gasteiger partial charge in [0.1, 0.15) is 11.4 Å². The molecule has 194 valence electrons. The van der Waals surface area contributed by atoms with Gasteiger partial charge in [-0.2, -0.15) is 4.31 Å². The summed E-state index contributed by atoms with van der Waals surface area (Å²) in [6.07, 6.45) is 2.15. The number of hydrogen-bond donors (Lipinski definition) is 1. The third-order valence-electron chi connectivity index (χ3n) is 6.00. The second-order valence-electron chi connectivity index (χ2n) is 8.28. The number of nitrogens with zero attached hydrogens (tertiary/aromatic N) is 3. The number of nitrogens with one attached hydrogen (secondary N) is 1. The van der Waals surface area contributed by atoms with Crippen molar-refractivity contribution in [2.45, 2.75) is 38.6 Å². The lowest BCUT2D eigenvalue weighted by molar-refractivity contribution is -0.116. The highest BCUT2D eigenvalue weighted by Gasteiger charge is 2.22. The monoisotopic (exact) mass is 602 g/mol. The Morgan fingerprint density at radius 1 is 1.05 bits per heavy atom. The number of amides is 1. The maximum Gasteiger partial charge on any atom is 0.263 e. The van der Waals surface area contributed by atoms with Gasteiger partial charge in [-0.3, -0.25) is 14.2 Å². The van der Waals surface area contributed by atoms with Crippen molar-refractivity contribution in [2.24, 2.45) is 0 Å². The fraction of sp³-hybridized carbons (Fsp3) is 0.269. The molecule has 37 heavy (non-hydrogen) atoms. The number of rotatable bonds is 9. The highest BCUT2D eigenvalue weighted by molar-refractivity contribution is 9.10. The number of aromatic nitrogens is 2. The van der Waals surface area contributed by atoms with Crippen LogP contribution in [-0.2, 0) is 27.8 Å². The van der Waals surface area contributed by atoms with Crippen LogP contribution in [0.5, 0.6) is 0 Å². The van der Waals surface area contributed by atoms with Crippen LogP contribution in [0.1, 0.15) is 25.6 Å². The van der Waals surface area contributed by atoms with Gasteiger partial charge in [-0.1, -0.05) is 48.8 Å². The van der Waals surface area contributed by atoms with E-state index in [1.165, 1.54) is 50.8 Å². The molecule has 0 unspecified atom stereocenters. The molecule has 4 aromatic rings. The zero-order valence-corrected chi connectivity index (χ0v) is 23.9. The van der Waals surface area contributed by atoms with Gasteiger partial charge in [0.2, 0.25) is 15.9 Å². The standard InChI is InChI=1S/C26H27BrN4O4S2/c1-4-21-23(17-7-9-18(27)10-8-17)24-25(36-21)28-16-30(26(24)33)15-22(32)29-19-11-13-20(14-12-19)37(34,35)31(5-2)6-3/h7-14,16H,4-6,15H2,1-3H3,(H,29,32). The van der Waals surface area contributed by atoms with Crippen LogP contribution in [0, 0.1) is 0 Å². The number of aryl methyl sites for hydroxylation is 1. The topological polar surface area (TPSA) is 101 Å². The van der Waals surface area contributed by atoms with Crippen LogP contribution < -0.4 is 10.9 Å². The van der Waals surface area contributed by atoms with Crippen LogP contribution in [0.25, 0.3) is 21.3 Å². The first kappa shape index (κ1) is 27.2. The molecule has 1 amide bonds. The van der Waals surface area contributed by atoms with Crippen molar-refractivity contribution in [3.8, 4) is 11.1 Å². The Morgan fingerprint density at radius 3 is 2.30 bits per heavy atom. The van der Waals surface area contributed by atoms with E-state index in [-0.39, 0.29) is 17.0 Å². The molecule has 8 nitrogen and oxygen atoms in total. The zero-order valence-electron chi connectivity index (χ0n) is 20.7. The van der Waals surface area contributed by atoms with E-state index in [0.717, 1.165) is 26.9 Å². The Hall–Kier alpha value is -2.86. The average Bonchev–Trinajstić information content (AvgIpc) is 3.26. The molecule has 11 heteroatoms. The van der Waals surface area contributed by atoms with Gasteiger partial charge in [-0.05, 0) is 48.4 Å². The molecule has 0 atom stereocenters. The Bertz CT molecular complexity index is 1590. The number of carbonyl (C=O) groups is 1. The number of benzene rings is 2. The Kier molecular flexibility index (Phi) is 8.27. The largest absolute Gasteiger partial charge is 0.325 e. The van der Waals surface area contributed by atoms with E-state index in [0.29, 0.717) is 29.0 Å². The summed E-state index contributed by atoms with van der Waals surface area (Å²) in [5, 5.41) is 3.24. The van der Waals surface area contributed by atoms with Crippen LogP contribution in [0.2, 0.25) is 0 Å². The lowest BCUT2D eigenvalue weighted by atomic mass is 10.0. The van der Waals surface area contributed by atoms with Gasteiger partial charge in [-0.15, -0.1) is 11.3 Å². The number of anilines is 1. The number of fused-ring (bicyclic) bond motifs is 1. The van der Waals surface area contributed by atoms with E-state index in [1.807, 2.05) is 31.2 Å². The van der Waals surface area contributed by atoms with Gasteiger partial charge in [0.15, 0.2) is 0 Å². The van der Waals surface area contributed by atoms with Gasteiger partial charge < -0.3 is 5.32 Å².